The molecule has 0 spiro atoms. The van der Waals surface area contributed by atoms with Crippen LogP contribution in [0.15, 0.2) is 23.8 Å². The van der Waals surface area contributed by atoms with Crippen LogP contribution in [0, 0.1) is 20.2 Å². The Balaban J connectivity index is 2.58. The number of hydrogen-bond acceptors (Lipinski definition) is 6. The van der Waals surface area contributed by atoms with Gasteiger partial charge in [0.15, 0.2) is 0 Å². The second-order valence-electron chi connectivity index (χ2n) is 6.38. The van der Waals surface area contributed by atoms with E-state index in [0.717, 1.165) is 38.2 Å². The van der Waals surface area contributed by atoms with Crippen molar-refractivity contribution in [1.82, 2.24) is 0 Å². The molecule has 0 heterocycles. The molecule has 1 aromatic rings. The van der Waals surface area contributed by atoms with Gasteiger partial charge in [0.1, 0.15) is 0 Å². The lowest BCUT2D eigenvalue weighted by molar-refractivity contribution is -0.394. The lowest BCUT2D eigenvalue weighted by Gasteiger charge is -2.23. The predicted octanol–water partition coefficient (Wildman–Crippen LogP) is 4.42. The van der Waals surface area contributed by atoms with Gasteiger partial charge in [-0.2, -0.15) is 0 Å². The minimum atomic E-state index is -0.746. The minimum absolute atomic E-state index is 0.0955. The average molecular weight is 348 g/mol. The number of ether oxygens (including phenoxy) is 1. The second-order valence-corrected chi connectivity index (χ2v) is 6.38. The number of esters is 1. The molecule has 1 aliphatic carbocycles. The molecule has 0 N–H and O–H groups in total. The Morgan fingerprint density at radius 2 is 1.76 bits per heavy atom. The summed E-state index contributed by atoms with van der Waals surface area (Å²) in [5.74, 6) is -0.999. The molecule has 0 saturated heterocycles. The third kappa shape index (κ3) is 4.62. The highest BCUT2D eigenvalue weighted by Gasteiger charge is 2.31. The van der Waals surface area contributed by atoms with Crippen LogP contribution in [0.25, 0.3) is 0 Å². The molecule has 0 aromatic heterocycles. The van der Waals surface area contributed by atoms with Gasteiger partial charge in [-0.25, -0.2) is 4.79 Å². The van der Waals surface area contributed by atoms with Crippen molar-refractivity contribution in [3.63, 3.8) is 0 Å². The van der Waals surface area contributed by atoms with Gasteiger partial charge in [0, 0.05) is 17.7 Å². The van der Waals surface area contributed by atoms with Crippen LogP contribution < -0.4 is 4.74 Å². The summed E-state index contributed by atoms with van der Waals surface area (Å²) >= 11 is 0. The van der Waals surface area contributed by atoms with Crippen molar-refractivity contribution >= 4 is 17.3 Å². The Kier molecular flexibility index (Phi) is 5.84. The fraction of sp³-hybridized carbons (Fsp3) is 0.471. The lowest BCUT2D eigenvalue weighted by Crippen LogP contribution is -2.13. The van der Waals surface area contributed by atoms with Crippen molar-refractivity contribution in [3.8, 4) is 5.75 Å². The Labute approximate surface area is 144 Å². The van der Waals surface area contributed by atoms with E-state index in [0.29, 0.717) is 11.1 Å². The molecule has 0 radical (unpaired) electrons. The summed E-state index contributed by atoms with van der Waals surface area (Å²) in [6.45, 7) is 3.40. The van der Waals surface area contributed by atoms with Crippen LogP contribution in [-0.4, -0.2) is 15.8 Å². The normalized spacial score (nSPS) is 14.6. The molecule has 1 aromatic carbocycles. The van der Waals surface area contributed by atoms with Gasteiger partial charge in [-0.1, -0.05) is 24.8 Å². The molecule has 0 amide bonds. The summed E-state index contributed by atoms with van der Waals surface area (Å²) < 4.78 is 5.26. The summed E-state index contributed by atoms with van der Waals surface area (Å²) in [6, 6.07) is 2.14. The van der Waals surface area contributed by atoms with E-state index in [-0.39, 0.29) is 17.4 Å². The molecule has 2 rings (SSSR count). The minimum Gasteiger partial charge on any atom is -0.416 e. The van der Waals surface area contributed by atoms with Gasteiger partial charge in [0.2, 0.25) is 5.75 Å². The van der Waals surface area contributed by atoms with E-state index in [1.807, 2.05) is 0 Å². The van der Waals surface area contributed by atoms with Gasteiger partial charge in [0.25, 0.3) is 5.69 Å². The number of rotatable bonds is 5. The number of hydrogen-bond donors (Lipinski definition) is 0. The maximum Gasteiger partial charge on any atom is 0.336 e. The molecular weight excluding hydrogens is 328 g/mol. The molecule has 0 atom stereocenters. The quantitative estimate of drug-likeness (QED) is 0.256. The molecule has 8 nitrogen and oxygen atoms in total. The van der Waals surface area contributed by atoms with E-state index in [1.54, 1.807) is 13.8 Å². The Bertz CT molecular complexity index is 731. The van der Waals surface area contributed by atoms with E-state index in [4.69, 9.17) is 4.74 Å². The highest BCUT2D eigenvalue weighted by atomic mass is 16.6. The van der Waals surface area contributed by atoms with Crippen molar-refractivity contribution in [1.29, 1.82) is 0 Å². The van der Waals surface area contributed by atoms with Crippen molar-refractivity contribution in [2.45, 2.75) is 51.9 Å². The predicted molar refractivity (Wildman–Crippen MR) is 90.6 cm³/mol. The molecule has 8 heteroatoms. The monoisotopic (exact) mass is 348 g/mol. The topological polar surface area (TPSA) is 113 Å². The number of nitrogens with zero attached hydrogens (tertiary/aromatic N) is 2. The first kappa shape index (κ1) is 18.6. The van der Waals surface area contributed by atoms with Crippen LogP contribution in [0.5, 0.6) is 5.75 Å². The number of carbonyl (C=O) groups excluding carboxylic acids is 1. The number of benzene rings is 1. The molecule has 0 bridgehead atoms. The van der Waals surface area contributed by atoms with Crippen molar-refractivity contribution in [2.75, 3.05) is 0 Å². The van der Waals surface area contributed by atoms with Crippen LogP contribution in [0.2, 0.25) is 0 Å². The van der Waals surface area contributed by atoms with Crippen molar-refractivity contribution < 1.29 is 19.4 Å². The average Bonchev–Trinajstić information content (AvgIpc) is 2.54. The van der Waals surface area contributed by atoms with E-state index in [2.05, 4.69) is 0 Å². The molecule has 0 unspecified atom stereocenters. The van der Waals surface area contributed by atoms with E-state index >= 15 is 0 Å². The fourth-order valence-corrected chi connectivity index (χ4v) is 3.05. The van der Waals surface area contributed by atoms with Gasteiger partial charge in [-0.05, 0) is 32.6 Å². The zero-order valence-corrected chi connectivity index (χ0v) is 14.2. The zero-order valence-electron chi connectivity index (χ0n) is 14.2. The maximum atomic E-state index is 12.0. The highest BCUT2D eigenvalue weighted by Crippen LogP contribution is 2.44. The molecule has 1 saturated carbocycles. The third-order valence-corrected chi connectivity index (χ3v) is 4.14. The Hall–Kier alpha value is -2.77. The van der Waals surface area contributed by atoms with Crippen LogP contribution in [-0.2, 0) is 4.79 Å². The first-order valence-corrected chi connectivity index (χ1v) is 8.13. The number of carbonyl (C=O) groups is 1. The molecule has 0 aliphatic heterocycles. The third-order valence-electron chi connectivity index (χ3n) is 4.14. The van der Waals surface area contributed by atoms with Crippen LogP contribution >= 0.6 is 0 Å². The van der Waals surface area contributed by atoms with Crippen molar-refractivity contribution in [2.24, 2.45) is 0 Å². The maximum absolute atomic E-state index is 12.0. The van der Waals surface area contributed by atoms with Gasteiger partial charge >= 0.3 is 11.7 Å². The molecule has 1 fully saturated rings. The SMILES string of the molecule is CC(C)=CC(=O)Oc1c(C2CCCCC2)cc([N+](=O)[O-])cc1[N+](=O)[O-]. The summed E-state index contributed by atoms with van der Waals surface area (Å²) in [5.41, 5.74) is 0.143. The number of allylic oxidation sites excluding steroid dienone is 1. The fourth-order valence-electron chi connectivity index (χ4n) is 3.05. The highest BCUT2D eigenvalue weighted by molar-refractivity contribution is 5.86. The van der Waals surface area contributed by atoms with Gasteiger partial charge < -0.3 is 4.74 Å². The first-order valence-electron chi connectivity index (χ1n) is 8.13. The summed E-state index contributed by atoms with van der Waals surface area (Å²) in [4.78, 5) is 33.2. The largest absolute Gasteiger partial charge is 0.416 e. The Morgan fingerprint density at radius 3 is 2.28 bits per heavy atom. The number of nitro benzene ring substituents is 2. The van der Waals surface area contributed by atoms with E-state index in [9.17, 15) is 25.0 Å². The standard InChI is InChI=1S/C17H20N2O6/c1-11(2)8-16(20)25-17-14(12-6-4-3-5-7-12)9-13(18(21)22)10-15(17)19(23)24/h8-10,12H,3-7H2,1-2H3. The van der Waals surface area contributed by atoms with Crippen LogP contribution in [0.4, 0.5) is 11.4 Å². The van der Waals surface area contributed by atoms with Crippen LogP contribution in [0.1, 0.15) is 57.4 Å². The van der Waals surface area contributed by atoms with E-state index < -0.39 is 21.5 Å². The van der Waals surface area contributed by atoms with Crippen molar-refractivity contribution in [3.05, 3.63) is 49.6 Å². The van der Waals surface area contributed by atoms with Crippen LogP contribution in [0.3, 0.4) is 0 Å². The molecule has 25 heavy (non-hydrogen) atoms. The van der Waals surface area contributed by atoms with E-state index in [1.165, 1.54) is 12.1 Å². The summed E-state index contributed by atoms with van der Waals surface area (Å²) in [6.07, 6.45) is 5.66. The first-order chi connectivity index (χ1) is 11.8. The smallest absolute Gasteiger partial charge is 0.336 e. The van der Waals surface area contributed by atoms with Gasteiger partial charge in [-0.15, -0.1) is 0 Å². The number of non-ortho nitro benzene ring substituents is 1. The molecule has 1 aliphatic rings. The molecule has 134 valence electrons. The molecular formula is C17H20N2O6. The number of nitro groups is 2. The Morgan fingerprint density at radius 1 is 1.12 bits per heavy atom. The summed E-state index contributed by atoms with van der Waals surface area (Å²) in [5, 5.41) is 22.6. The lowest BCUT2D eigenvalue weighted by atomic mass is 9.83. The summed E-state index contributed by atoms with van der Waals surface area (Å²) in [7, 11) is 0. The van der Waals surface area contributed by atoms with Gasteiger partial charge in [0.05, 0.1) is 15.9 Å². The second kappa shape index (κ2) is 7.87. The van der Waals surface area contributed by atoms with Gasteiger partial charge in [-0.3, -0.25) is 20.2 Å². The zero-order chi connectivity index (χ0) is 18.6.